The van der Waals surface area contributed by atoms with E-state index in [1.165, 1.54) is 6.92 Å². The van der Waals surface area contributed by atoms with Crippen molar-refractivity contribution in [1.29, 1.82) is 0 Å². The highest BCUT2D eigenvalue weighted by Gasteiger charge is 2.17. The van der Waals surface area contributed by atoms with Gasteiger partial charge in [0.05, 0.1) is 13.2 Å². The topological polar surface area (TPSA) is 89.8 Å². The van der Waals surface area contributed by atoms with Crippen molar-refractivity contribution in [3.05, 3.63) is 94.7 Å². The Balaban J connectivity index is 1.55. The lowest BCUT2D eigenvalue weighted by atomic mass is 10.1. The summed E-state index contributed by atoms with van der Waals surface area (Å²) in [6.45, 7) is 8.18. The molecular formula is C30H32N2O5. The Labute approximate surface area is 216 Å². The van der Waals surface area contributed by atoms with Crippen LogP contribution in [-0.2, 0) is 11.3 Å². The first kappa shape index (κ1) is 25.8. The minimum absolute atomic E-state index is 0.132. The fourth-order valence-corrected chi connectivity index (χ4v) is 4.40. The van der Waals surface area contributed by atoms with Crippen LogP contribution in [0, 0.1) is 13.8 Å². The van der Waals surface area contributed by atoms with Crippen LogP contribution < -0.4 is 14.8 Å². The van der Waals surface area contributed by atoms with E-state index in [4.69, 9.17) is 14.6 Å². The molecular weight excluding hydrogens is 468 g/mol. The van der Waals surface area contributed by atoms with Gasteiger partial charge in [-0.2, -0.15) is 0 Å². The average Bonchev–Trinajstić information content (AvgIpc) is 3.13. The quantitative estimate of drug-likeness (QED) is 0.310. The Morgan fingerprint density at radius 3 is 2.38 bits per heavy atom. The van der Waals surface area contributed by atoms with Crippen LogP contribution in [0.25, 0.3) is 10.9 Å². The Morgan fingerprint density at radius 1 is 0.973 bits per heavy atom. The normalized spacial score (nSPS) is 12.7. The molecule has 37 heavy (non-hydrogen) atoms. The highest BCUT2D eigenvalue weighted by molar-refractivity contribution is 5.99. The molecule has 0 saturated heterocycles. The number of fused-ring (bicyclic) bond motifs is 1. The first-order valence-corrected chi connectivity index (χ1v) is 12.2. The Kier molecular flexibility index (Phi) is 7.53. The zero-order chi connectivity index (χ0) is 26.7. The minimum atomic E-state index is -1.01. The van der Waals surface area contributed by atoms with Gasteiger partial charge in [-0.1, -0.05) is 24.3 Å². The summed E-state index contributed by atoms with van der Waals surface area (Å²) in [6, 6.07) is 20.7. The summed E-state index contributed by atoms with van der Waals surface area (Å²) in [5.74, 6) is 0.152. The van der Waals surface area contributed by atoms with Gasteiger partial charge in [0.2, 0.25) is 0 Å². The molecule has 4 rings (SSSR count). The van der Waals surface area contributed by atoms with Gasteiger partial charge in [-0.3, -0.25) is 4.79 Å². The molecule has 0 bridgehead atoms. The van der Waals surface area contributed by atoms with Gasteiger partial charge in [-0.05, 0) is 86.8 Å². The van der Waals surface area contributed by atoms with Crippen molar-refractivity contribution in [1.82, 2.24) is 9.88 Å². The van der Waals surface area contributed by atoms with Crippen molar-refractivity contribution in [2.45, 2.75) is 46.4 Å². The summed E-state index contributed by atoms with van der Waals surface area (Å²) >= 11 is 0. The van der Waals surface area contributed by atoms with E-state index >= 15 is 0 Å². The van der Waals surface area contributed by atoms with Crippen LogP contribution in [0.4, 0.5) is 0 Å². The molecule has 0 saturated carbocycles. The molecule has 0 aliphatic carbocycles. The monoisotopic (exact) mass is 500 g/mol. The number of nitrogens with one attached hydrogen (secondary N) is 1. The van der Waals surface area contributed by atoms with E-state index in [0.717, 1.165) is 39.0 Å². The van der Waals surface area contributed by atoms with Gasteiger partial charge in [0.25, 0.3) is 5.91 Å². The average molecular weight is 501 g/mol. The maximum absolute atomic E-state index is 13.1. The summed E-state index contributed by atoms with van der Waals surface area (Å²) in [7, 11) is 1.63. The molecule has 7 heteroatoms. The molecule has 0 aliphatic heterocycles. The van der Waals surface area contributed by atoms with Gasteiger partial charge in [-0.25, -0.2) is 4.79 Å². The molecule has 0 aliphatic rings. The Hall–Kier alpha value is -4.26. The molecule has 0 spiro atoms. The van der Waals surface area contributed by atoms with Crippen LogP contribution in [0.2, 0.25) is 0 Å². The van der Waals surface area contributed by atoms with E-state index in [9.17, 15) is 9.59 Å². The number of aromatic nitrogens is 1. The molecule has 3 aromatic carbocycles. The van der Waals surface area contributed by atoms with E-state index in [1.807, 2.05) is 67.6 Å². The number of hydrogen-bond acceptors (Lipinski definition) is 4. The number of aliphatic carboxylic acids is 1. The van der Waals surface area contributed by atoms with E-state index in [2.05, 4.69) is 23.7 Å². The molecule has 1 heterocycles. The van der Waals surface area contributed by atoms with Crippen molar-refractivity contribution in [3.8, 4) is 11.5 Å². The third-order valence-electron chi connectivity index (χ3n) is 6.76. The van der Waals surface area contributed by atoms with Crippen LogP contribution in [0.15, 0.2) is 66.7 Å². The lowest BCUT2D eigenvalue weighted by molar-refractivity contribution is -0.144. The Morgan fingerprint density at radius 2 is 1.70 bits per heavy atom. The summed E-state index contributed by atoms with van der Waals surface area (Å²) in [5.41, 5.74) is 5.83. The Bertz CT molecular complexity index is 1440. The van der Waals surface area contributed by atoms with Crippen LogP contribution >= 0.6 is 0 Å². The highest BCUT2D eigenvalue weighted by Crippen LogP contribution is 2.28. The number of amides is 1. The van der Waals surface area contributed by atoms with Crippen molar-refractivity contribution >= 4 is 22.8 Å². The van der Waals surface area contributed by atoms with E-state index in [-0.39, 0.29) is 11.9 Å². The standard InChI is InChI=1S/C30H32N2O5/c1-18-20(3)32(17-22-7-6-8-26(15-22)37-21(4)30(34)35)28-14-11-24(16-27(18)28)29(33)31-19(2)23-9-12-25(36-5)13-10-23/h6-16,19,21H,17H2,1-5H3,(H,31,33)(H,34,35)/t19-,21-/m0/s1. The van der Waals surface area contributed by atoms with Gasteiger partial charge < -0.3 is 24.5 Å². The van der Waals surface area contributed by atoms with Gasteiger partial charge in [0.15, 0.2) is 6.10 Å². The number of methoxy groups -OCH3 is 1. The van der Waals surface area contributed by atoms with Gasteiger partial charge in [0, 0.05) is 28.7 Å². The number of nitrogens with zero attached hydrogens (tertiary/aromatic N) is 1. The number of benzene rings is 3. The molecule has 2 atom stereocenters. The van der Waals surface area contributed by atoms with Crippen LogP contribution in [0.1, 0.15) is 52.6 Å². The van der Waals surface area contributed by atoms with E-state index < -0.39 is 12.1 Å². The summed E-state index contributed by atoms with van der Waals surface area (Å²) in [6.07, 6.45) is -0.927. The second kappa shape index (κ2) is 10.8. The van der Waals surface area contributed by atoms with Crippen LogP contribution in [0.5, 0.6) is 11.5 Å². The fraction of sp³-hybridized carbons (Fsp3) is 0.267. The van der Waals surface area contributed by atoms with Gasteiger partial charge in [-0.15, -0.1) is 0 Å². The third kappa shape index (κ3) is 5.61. The van der Waals surface area contributed by atoms with Crippen molar-refractivity contribution in [3.63, 3.8) is 0 Å². The van der Waals surface area contributed by atoms with Crippen molar-refractivity contribution < 1.29 is 24.2 Å². The van der Waals surface area contributed by atoms with Crippen LogP contribution in [-0.4, -0.2) is 34.8 Å². The van der Waals surface area contributed by atoms with Crippen molar-refractivity contribution in [2.75, 3.05) is 7.11 Å². The molecule has 0 fully saturated rings. The first-order valence-electron chi connectivity index (χ1n) is 12.2. The van der Waals surface area contributed by atoms with Gasteiger partial charge in [0.1, 0.15) is 11.5 Å². The molecule has 1 aromatic heterocycles. The zero-order valence-corrected chi connectivity index (χ0v) is 21.7. The minimum Gasteiger partial charge on any atom is -0.497 e. The van der Waals surface area contributed by atoms with E-state index in [0.29, 0.717) is 17.9 Å². The fourth-order valence-electron chi connectivity index (χ4n) is 4.40. The lowest BCUT2D eigenvalue weighted by Crippen LogP contribution is -2.26. The summed E-state index contributed by atoms with van der Waals surface area (Å²) in [4.78, 5) is 24.2. The number of hydrogen-bond donors (Lipinski definition) is 2. The summed E-state index contributed by atoms with van der Waals surface area (Å²) in [5, 5.41) is 13.2. The third-order valence-corrected chi connectivity index (χ3v) is 6.76. The number of carbonyl (C=O) groups excluding carboxylic acids is 1. The number of rotatable bonds is 9. The molecule has 1 amide bonds. The smallest absolute Gasteiger partial charge is 0.344 e. The molecule has 4 aromatic rings. The number of carboxylic acid groups (broad SMARTS) is 1. The SMILES string of the molecule is COc1ccc([C@H](C)NC(=O)c2ccc3c(c2)c(C)c(C)n3Cc2cccc(O[C@@H](C)C(=O)O)c2)cc1. The van der Waals surface area contributed by atoms with Gasteiger partial charge >= 0.3 is 5.97 Å². The van der Waals surface area contributed by atoms with Crippen LogP contribution in [0.3, 0.4) is 0 Å². The molecule has 192 valence electrons. The maximum atomic E-state index is 13.1. The second-order valence-electron chi connectivity index (χ2n) is 9.24. The molecule has 7 nitrogen and oxygen atoms in total. The van der Waals surface area contributed by atoms with E-state index in [1.54, 1.807) is 13.2 Å². The summed E-state index contributed by atoms with van der Waals surface area (Å²) < 4.78 is 12.9. The number of aryl methyl sites for hydroxylation is 1. The predicted molar refractivity (Wildman–Crippen MR) is 144 cm³/mol. The maximum Gasteiger partial charge on any atom is 0.344 e. The number of carboxylic acids is 1. The molecule has 0 radical (unpaired) electrons. The molecule has 0 unspecified atom stereocenters. The number of carbonyl (C=O) groups is 2. The highest BCUT2D eigenvalue weighted by atomic mass is 16.5. The number of ether oxygens (including phenoxy) is 2. The zero-order valence-electron chi connectivity index (χ0n) is 21.7. The largest absolute Gasteiger partial charge is 0.497 e. The predicted octanol–water partition coefficient (Wildman–Crippen LogP) is 5.66. The first-order chi connectivity index (χ1) is 17.7. The molecule has 2 N–H and O–H groups in total. The van der Waals surface area contributed by atoms with Crippen molar-refractivity contribution in [2.24, 2.45) is 0 Å². The lowest BCUT2D eigenvalue weighted by Gasteiger charge is -2.15. The second-order valence-corrected chi connectivity index (χ2v) is 9.24.